The molecule has 2 N–H and O–H groups in total. The Labute approximate surface area is 118 Å². The van der Waals surface area contributed by atoms with E-state index in [2.05, 4.69) is 14.9 Å². The Morgan fingerprint density at radius 3 is 2.50 bits per heavy atom. The van der Waals surface area contributed by atoms with Gasteiger partial charge in [0.2, 0.25) is 0 Å². The summed E-state index contributed by atoms with van der Waals surface area (Å²) in [5.74, 6) is 0.307. The lowest BCUT2D eigenvalue weighted by Crippen LogP contribution is -2.15. The molecule has 2 aromatic rings. The molecule has 7 heteroatoms. The first-order valence-electron chi connectivity index (χ1n) is 6.04. The molecular formula is C13H17N3O3S. The second-order valence-electron chi connectivity index (χ2n) is 4.57. The van der Waals surface area contributed by atoms with Crippen molar-refractivity contribution < 1.29 is 13.2 Å². The largest absolute Gasteiger partial charge is 0.495 e. The summed E-state index contributed by atoms with van der Waals surface area (Å²) >= 11 is 0. The van der Waals surface area contributed by atoms with E-state index in [0.29, 0.717) is 22.8 Å². The fourth-order valence-corrected chi connectivity index (χ4v) is 3.32. The molecule has 0 aliphatic carbocycles. The van der Waals surface area contributed by atoms with Gasteiger partial charge in [0, 0.05) is 0 Å². The summed E-state index contributed by atoms with van der Waals surface area (Å²) in [5.41, 5.74) is 2.57. The number of aromatic nitrogens is 2. The van der Waals surface area contributed by atoms with Crippen LogP contribution >= 0.6 is 0 Å². The van der Waals surface area contributed by atoms with E-state index >= 15 is 0 Å². The lowest BCUT2D eigenvalue weighted by Gasteiger charge is -2.12. The van der Waals surface area contributed by atoms with Gasteiger partial charge in [-0.3, -0.25) is 9.82 Å². The van der Waals surface area contributed by atoms with Crippen LogP contribution in [0.2, 0.25) is 0 Å². The van der Waals surface area contributed by atoms with Crippen LogP contribution in [0, 0.1) is 20.8 Å². The molecule has 108 valence electrons. The third kappa shape index (κ3) is 2.62. The zero-order valence-corrected chi connectivity index (χ0v) is 12.6. The molecule has 6 nitrogen and oxygen atoms in total. The molecule has 0 aliphatic rings. The van der Waals surface area contributed by atoms with Crippen molar-refractivity contribution in [3.05, 3.63) is 35.2 Å². The van der Waals surface area contributed by atoms with E-state index in [0.717, 1.165) is 5.56 Å². The normalized spacial score (nSPS) is 11.4. The maximum atomic E-state index is 12.5. The molecule has 1 aromatic carbocycles. The van der Waals surface area contributed by atoms with Gasteiger partial charge >= 0.3 is 0 Å². The van der Waals surface area contributed by atoms with Crippen LogP contribution in [-0.2, 0) is 10.0 Å². The highest BCUT2D eigenvalue weighted by Gasteiger charge is 2.22. The van der Waals surface area contributed by atoms with Crippen LogP contribution in [0.15, 0.2) is 23.1 Å². The lowest BCUT2D eigenvalue weighted by molar-refractivity contribution is 0.402. The van der Waals surface area contributed by atoms with Crippen molar-refractivity contribution in [2.75, 3.05) is 11.8 Å². The zero-order chi connectivity index (χ0) is 14.9. The van der Waals surface area contributed by atoms with E-state index in [9.17, 15) is 8.42 Å². The molecular weight excluding hydrogens is 278 g/mol. The molecule has 0 saturated heterocycles. The fraction of sp³-hybridized carbons (Fsp3) is 0.308. The van der Waals surface area contributed by atoms with E-state index in [1.165, 1.54) is 7.11 Å². The van der Waals surface area contributed by atoms with Crippen molar-refractivity contribution in [1.29, 1.82) is 0 Å². The first-order chi connectivity index (χ1) is 9.35. The van der Waals surface area contributed by atoms with Gasteiger partial charge in [0.25, 0.3) is 10.0 Å². The Morgan fingerprint density at radius 2 is 1.95 bits per heavy atom. The van der Waals surface area contributed by atoms with E-state index in [-0.39, 0.29) is 4.90 Å². The average Bonchev–Trinajstić information content (AvgIpc) is 2.70. The molecule has 0 radical (unpaired) electrons. The van der Waals surface area contributed by atoms with Crippen LogP contribution in [0.5, 0.6) is 5.75 Å². The Morgan fingerprint density at radius 1 is 1.25 bits per heavy atom. The van der Waals surface area contributed by atoms with E-state index in [1.54, 1.807) is 32.0 Å². The molecule has 0 amide bonds. The minimum absolute atomic E-state index is 0.111. The van der Waals surface area contributed by atoms with Crippen LogP contribution < -0.4 is 9.46 Å². The second kappa shape index (κ2) is 5.16. The number of sulfonamides is 1. The molecule has 0 aliphatic heterocycles. The van der Waals surface area contributed by atoms with Gasteiger partial charge < -0.3 is 4.74 Å². The number of hydrogen-bond acceptors (Lipinski definition) is 4. The number of ether oxygens (including phenoxy) is 1. The van der Waals surface area contributed by atoms with Crippen LogP contribution in [-0.4, -0.2) is 25.7 Å². The molecule has 2 rings (SSSR count). The first kappa shape index (κ1) is 14.4. The summed E-state index contributed by atoms with van der Waals surface area (Å²) in [6.07, 6.45) is 0. The first-order valence-corrected chi connectivity index (χ1v) is 7.52. The standard InChI is InChI=1S/C13H17N3O3S/c1-8-5-6-11(19-4)12(7-8)20(17,18)16-13-9(2)14-15-10(13)3/h5-7,16H,1-4H3,(H,14,15). The minimum Gasteiger partial charge on any atom is -0.495 e. The van der Waals surface area contributed by atoms with Gasteiger partial charge in [-0.15, -0.1) is 0 Å². The fourth-order valence-electron chi connectivity index (χ4n) is 1.88. The van der Waals surface area contributed by atoms with Crippen molar-refractivity contribution in [3.8, 4) is 5.75 Å². The number of anilines is 1. The summed E-state index contributed by atoms with van der Waals surface area (Å²) in [6.45, 7) is 5.31. The predicted octanol–water partition coefficient (Wildman–Crippen LogP) is 2.14. The Balaban J connectivity index is 2.48. The number of nitrogens with one attached hydrogen (secondary N) is 2. The number of H-pyrrole nitrogens is 1. The summed E-state index contributed by atoms with van der Waals surface area (Å²) in [4.78, 5) is 0.111. The van der Waals surface area contributed by atoms with Gasteiger partial charge in [-0.1, -0.05) is 6.07 Å². The number of aryl methyl sites for hydroxylation is 3. The van der Waals surface area contributed by atoms with Crippen molar-refractivity contribution in [2.24, 2.45) is 0 Å². The van der Waals surface area contributed by atoms with Gasteiger partial charge in [-0.2, -0.15) is 5.10 Å². The maximum Gasteiger partial charge on any atom is 0.265 e. The second-order valence-corrected chi connectivity index (χ2v) is 6.22. The van der Waals surface area contributed by atoms with Crippen LogP contribution in [0.1, 0.15) is 17.0 Å². The molecule has 0 spiro atoms. The number of rotatable bonds is 4. The molecule has 1 heterocycles. The summed E-state index contributed by atoms with van der Waals surface area (Å²) < 4.78 is 32.7. The van der Waals surface area contributed by atoms with Crippen molar-refractivity contribution in [3.63, 3.8) is 0 Å². The molecule has 0 saturated carbocycles. The van der Waals surface area contributed by atoms with Crippen LogP contribution in [0.3, 0.4) is 0 Å². The highest BCUT2D eigenvalue weighted by molar-refractivity contribution is 7.92. The van der Waals surface area contributed by atoms with Crippen LogP contribution in [0.4, 0.5) is 5.69 Å². The van der Waals surface area contributed by atoms with E-state index < -0.39 is 10.0 Å². The van der Waals surface area contributed by atoms with Crippen molar-refractivity contribution in [2.45, 2.75) is 25.7 Å². The van der Waals surface area contributed by atoms with E-state index in [1.807, 2.05) is 6.92 Å². The molecule has 0 bridgehead atoms. The third-order valence-corrected chi connectivity index (χ3v) is 4.34. The number of benzene rings is 1. The smallest absolute Gasteiger partial charge is 0.265 e. The monoisotopic (exact) mass is 295 g/mol. The number of methoxy groups -OCH3 is 1. The average molecular weight is 295 g/mol. The summed E-state index contributed by atoms with van der Waals surface area (Å²) in [6, 6.07) is 5.01. The summed E-state index contributed by atoms with van der Waals surface area (Å²) in [7, 11) is -2.29. The van der Waals surface area contributed by atoms with Crippen LogP contribution in [0.25, 0.3) is 0 Å². The number of aromatic amines is 1. The SMILES string of the molecule is COc1ccc(C)cc1S(=O)(=O)Nc1c(C)n[nH]c1C. The zero-order valence-electron chi connectivity index (χ0n) is 11.8. The Bertz CT molecular complexity index is 716. The Hall–Kier alpha value is -2.02. The lowest BCUT2D eigenvalue weighted by atomic mass is 10.2. The number of hydrogen-bond donors (Lipinski definition) is 2. The topological polar surface area (TPSA) is 84.1 Å². The predicted molar refractivity (Wildman–Crippen MR) is 76.6 cm³/mol. The molecule has 0 atom stereocenters. The number of nitrogens with zero attached hydrogens (tertiary/aromatic N) is 1. The molecule has 0 fully saturated rings. The Kier molecular flexibility index (Phi) is 3.71. The molecule has 1 aromatic heterocycles. The highest BCUT2D eigenvalue weighted by Crippen LogP contribution is 2.28. The van der Waals surface area contributed by atoms with Gasteiger partial charge in [0.1, 0.15) is 10.6 Å². The van der Waals surface area contributed by atoms with Gasteiger partial charge in [0.15, 0.2) is 0 Å². The molecule has 20 heavy (non-hydrogen) atoms. The van der Waals surface area contributed by atoms with Gasteiger partial charge in [-0.25, -0.2) is 8.42 Å². The van der Waals surface area contributed by atoms with Crippen molar-refractivity contribution in [1.82, 2.24) is 10.2 Å². The van der Waals surface area contributed by atoms with E-state index in [4.69, 9.17) is 4.74 Å². The van der Waals surface area contributed by atoms with Gasteiger partial charge in [0.05, 0.1) is 24.2 Å². The molecule has 0 unspecified atom stereocenters. The summed E-state index contributed by atoms with van der Waals surface area (Å²) in [5, 5.41) is 6.71. The van der Waals surface area contributed by atoms with Gasteiger partial charge in [-0.05, 0) is 38.5 Å². The highest BCUT2D eigenvalue weighted by atomic mass is 32.2. The minimum atomic E-state index is -3.73. The maximum absolute atomic E-state index is 12.5. The quantitative estimate of drug-likeness (QED) is 0.905. The third-order valence-electron chi connectivity index (χ3n) is 2.97. The van der Waals surface area contributed by atoms with Crippen molar-refractivity contribution >= 4 is 15.7 Å².